The molecule has 96 valence electrons. The van der Waals surface area contributed by atoms with Crippen molar-refractivity contribution < 1.29 is 8.42 Å². The molecule has 0 saturated heterocycles. The third kappa shape index (κ3) is 3.04. The minimum atomic E-state index is -3.15. The van der Waals surface area contributed by atoms with Crippen LogP contribution in [0.1, 0.15) is 28.1 Å². The van der Waals surface area contributed by atoms with Crippen LogP contribution < -0.4 is 0 Å². The standard InChI is InChI=1S/C12H20N2O2S/c1-8-10(3)13-11(4)9(2)12(8)7-14(5)17(6,15)16/h7H2,1-6H3. The zero-order valence-corrected chi connectivity index (χ0v) is 12.1. The monoisotopic (exact) mass is 256 g/mol. The third-order valence-electron chi connectivity index (χ3n) is 3.27. The number of aromatic nitrogens is 1. The highest BCUT2D eigenvalue weighted by Crippen LogP contribution is 2.20. The van der Waals surface area contributed by atoms with E-state index in [1.54, 1.807) is 7.05 Å². The Bertz CT molecular complexity index is 510. The summed E-state index contributed by atoms with van der Waals surface area (Å²) in [5.74, 6) is 0. The predicted octanol–water partition coefficient (Wildman–Crippen LogP) is 1.71. The number of hydrogen-bond donors (Lipinski definition) is 0. The van der Waals surface area contributed by atoms with Crippen molar-refractivity contribution in [1.82, 2.24) is 9.29 Å². The lowest BCUT2D eigenvalue weighted by atomic mass is 10.0. The normalized spacial score (nSPS) is 12.2. The Morgan fingerprint density at radius 3 is 1.82 bits per heavy atom. The highest BCUT2D eigenvalue weighted by atomic mass is 32.2. The van der Waals surface area contributed by atoms with E-state index < -0.39 is 10.0 Å². The van der Waals surface area contributed by atoms with Crippen LogP contribution >= 0.6 is 0 Å². The van der Waals surface area contributed by atoms with Gasteiger partial charge in [-0.05, 0) is 44.4 Å². The molecule has 0 radical (unpaired) electrons. The summed E-state index contributed by atoms with van der Waals surface area (Å²) in [5.41, 5.74) is 5.13. The Morgan fingerprint density at radius 2 is 1.47 bits per heavy atom. The summed E-state index contributed by atoms with van der Waals surface area (Å²) < 4.78 is 24.2. The molecule has 0 aromatic carbocycles. The van der Waals surface area contributed by atoms with E-state index >= 15 is 0 Å². The number of aryl methyl sites for hydroxylation is 2. The SMILES string of the molecule is Cc1nc(C)c(C)c(CN(C)S(C)(=O)=O)c1C. The maximum atomic E-state index is 11.4. The quantitative estimate of drug-likeness (QED) is 0.827. The van der Waals surface area contributed by atoms with Crippen LogP contribution in [-0.4, -0.2) is 31.0 Å². The second-order valence-electron chi connectivity index (χ2n) is 4.53. The van der Waals surface area contributed by atoms with Crippen LogP contribution in [-0.2, 0) is 16.6 Å². The highest BCUT2D eigenvalue weighted by Gasteiger charge is 2.16. The van der Waals surface area contributed by atoms with Gasteiger partial charge in [-0.3, -0.25) is 4.98 Å². The first-order valence-electron chi connectivity index (χ1n) is 5.49. The van der Waals surface area contributed by atoms with Gasteiger partial charge >= 0.3 is 0 Å². The fraction of sp³-hybridized carbons (Fsp3) is 0.583. The lowest BCUT2D eigenvalue weighted by molar-refractivity contribution is 0.470. The Balaban J connectivity index is 3.24. The van der Waals surface area contributed by atoms with Gasteiger partial charge in [0.05, 0.1) is 6.26 Å². The molecule has 1 rings (SSSR count). The highest BCUT2D eigenvalue weighted by molar-refractivity contribution is 7.88. The van der Waals surface area contributed by atoms with Gasteiger partial charge in [-0.25, -0.2) is 12.7 Å². The molecule has 0 bridgehead atoms. The Hall–Kier alpha value is -0.940. The molecule has 4 nitrogen and oxygen atoms in total. The summed E-state index contributed by atoms with van der Waals surface area (Å²) in [5, 5.41) is 0. The van der Waals surface area contributed by atoms with E-state index in [4.69, 9.17) is 0 Å². The molecule has 0 spiro atoms. The molecule has 1 aromatic heterocycles. The Morgan fingerprint density at radius 1 is 1.06 bits per heavy atom. The van der Waals surface area contributed by atoms with Gasteiger partial charge in [0.1, 0.15) is 0 Å². The molecule has 0 aliphatic heterocycles. The van der Waals surface area contributed by atoms with Gasteiger partial charge in [0.2, 0.25) is 10.0 Å². The molecule has 5 heteroatoms. The number of pyridine rings is 1. The van der Waals surface area contributed by atoms with Gasteiger partial charge in [-0.15, -0.1) is 0 Å². The number of rotatable bonds is 3. The van der Waals surface area contributed by atoms with Gasteiger partial charge < -0.3 is 0 Å². The molecule has 0 amide bonds. The second kappa shape index (κ2) is 4.74. The zero-order chi connectivity index (χ0) is 13.4. The van der Waals surface area contributed by atoms with Crippen molar-refractivity contribution in [3.63, 3.8) is 0 Å². The van der Waals surface area contributed by atoms with Crippen LogP contribution in [0.5, 0.6) is 0 Å². The van der Waals surface area contributed by atoms with Crippen molar-refractivity contribution >= 4 is 10.0 Å². The minimum Gasteiger partial charge on any atom is -0.258 e. The van der Waals surface area contributed by atoms with Crippen molar-refractivity contribution in [1.29, 1.82) is 0 Å². The minimum absolute atomic E-state index is 0.403. The van der Waals surface area contributed by atoms with E-state index in [-0.39, 0.29) is 0 Å². The molecular formula is C12H20N2O2S. The fourth-order valence-electron chi connectivity index (χ4n) is 1.71. The van der Waals surface area contributed by atoms with Gasteiger partial charge in [0.25, 0.3) is 0 Å². The second-order valence-corrected chi connectivity index (χ2v) is 6.62. The maximum absolute atomic E-state index is 11.4. The van der Waals surface area contributed by atoms with E-state index in [0.29, 0.717) is 6.54 Å². The molecule has 0 atom stereocenters. The molecule has 1 aromatic rings. The van der Waals surface area contributed by atoms with E-state index in [1.807, 2.05) is 27.7 Å². The molecule has 0 aliphatic rings. The van der Waals surface area contributed by atoms with E-state index in [0.717, 1.165) is 28.1 Å². The summed E-state index contributed by atoms with van der Waals surface area (Å²) >= 11 is 0. The van der Waals surface area contributed by atoms with Gasteiger partial charge in [0, 0.05) is 25.0 Å². The van der Waals surface area contributed by atoms with Crippen molar-refractivity contribution in [3.05, 3.63) is 28.1 Å². The average molecular weight is 256 g/mol. The largest absolute Gasteiger partial charge is 0.258 e. The molecule has 0 N–H and O–H groups in total. The number of sulfonamides is 1. The Labute approximate surface area is 104 Å². The van der Waals surface area contributed by atoms with Gasteiger partial charge in [-0.2, -0.15) is 0 Å². The molecule has 1 heterocycles. The first-order valence-corrected chi connectivity index (χ1v) is 7.34. The molecule has 0 unspecified atom stereocenters. The predicted molar refractivity (Wildman–Crippen MR) is 69.5 cm³/mol. The smallest absolute Gasteiger partial charge is 0.211 e. The zero-order valence-electron chi connectivity index (χ0n) is 11.3. The molecule has 0 saturated carbocycles. The molecule has 17 heavy (non-hydrogen) atoms. The number of hydrogen-bond acceptors (Lipinski definition) is 3. The maximum Gasteiger partial charge on any atom is 0.211 e. The lowest BCUT2D eigenvalue weighted by Gasteiger charge is -2.19. The van der Waals surface area contributed by atoms with Crippen LogP contribution in [0.3, 0.4) is 0 Å². The Kier molecular flexibility index (Phi) is 3.94. The molecule has 0 fully saturated rings. The molecule has 0 aliphatic carbocycles. The molecular weight excluding hydrogens is 236 g/mol. The summed E-state index contributed by atoms with van der Waals surface area (Å²) in [6.45, 7) is 8.28. The average Bonchev–Trinajstić information content (AvgIpc) is 2.20. The van der Waals surface area contributed by atoms with E-state index in [1.165, 1.54) is 10.6 Å². The summed E-state index contributed by atoms with van der Waals surface area (Å²) in [7, 11) is -1.55. The first kappa shape index (κ1) is 14.1. The van der Waals surface area contributed by atoms with Gasteiger partial charge in [-0.1, -0.05) is 0 Å². The summed E-state index contributed by atoms with van der Waals surface area (Å²) in [6, 6.07) is 0. The topological polar surface area (TPSA) is 50.3 Å². The van der Waals surface area contributed by atoms with Crippen LogP contribution in [0.2, 0.25) is 0 Å². The fourth-order valence-corrected chi connectivity index (χ4v) is 2.08. The van der Waals surface area contributed by atoms with Crippen molar-refractivity contribution in [3.8, 4) is 0 Å². The lowest BCUT2D eigenvalue weighted by Crippen LogP contribution is -2.26. The first-order chi connectivity index (χ1) is 7.64. The van der Waals surface area contributed by atoms with E-state index in [9.17, 15) is 8.42 Å². The van der Waals surface area contributed by atoms with Crippen molar-refractivity contribution in [2.75, 3.05) is 13.3 Å². The van der Waals surface area contributed by atoms with Gasteiger partial charge in [0.15, 0.2) is 0 Å². The van der Waals surface area contributed by atoms with E-state index in [2.05, 4.69) is 4.98 Å². The number of nitrogens with zero attached hydrogens (tertiary/aromatic N) is 2. The van der Waals surface area contributed by atoms with Crippen LogP contribution in [0, 0.1) is 27.7 Å². The van der Waals surface area contributed by atoms with Crippen LogP contribution in [0.25, 0.3) is 0 Å². The van der Waals surface area contributed by atoms with Crippen molar-refractivity contribution in [2.45, 2.75) is 34.2 Å². The summed E-state index contributed by atoms with van der Waals surface area (Å²) in [6.07, 6.45) is 1.22. The van der Waals surface area contributed by atoms with Crippen LogP contribution in [0.4, 0.5) is 0 Å². The van der Waals surface area contributed by atoms with Crippen molar-refractivity contribution in [2.24, 2.45) is 0 Å². The summed E-state index contributed by atoms with van der Waals surface area (Å²) in [4.78, 5) is 4.43. The van der Waals surface area contributed by atoms with Crippen LogP contribution in [0.15, 0.2) is 0 Å². The third-order valence-corrected chi connectivity index (χ3v) is 4.53.